The molecule has 36 heavy (non-hydrogen) atoms. The van der Waals surface area contributed by atoms with Crippen LogP contribution in [0.25, 0.3) is 10.9 Å². The lowest BCUT2D eigenvalue weighted by Crippen LogP contribution is -2.52. The first kappa shape index (κ1) is 26.4. The topological polar surface area (TPSA) is 82.2 Å². The number of nitrogens with zero attached hydrogens (tertiary/aromatic N) is 3. The molecule has 0 atom stereocenters. The number of halogens is 2. The quantitative estimate of drug-likeness (QED) is 0.171. The number of hydrogen-bond donors (Lipinski definition) is 3. The summed E-state index contributed by atoms with van der Waals surface area (Å²) in [6.07, 6.45) is 4.65. The van der Waals surface area contributed by atoms with E-state index in [1.165, 1.54) is 18.5 Å². The first-order chi connectivity index (χ1) is 17.4. The van der Waals surface area contributed by atoms with Crippen molar-refractivity contribution in [1.82, 2.24) is 20.2 Å². The van der Waals surface area contributed by atoms with E-state index in [9.17, 15) is 9.18 Å². The number of hydrogen-bond acceptors (Lipinski definition) is 6. The summed E-state index contributed by atoms with van der Waals surface area (Å²) in [5.41, 5.74) is 3.67. The van der Waals surface area contributed by atoms with E-state index in [1.807, 2.05) is 6.07 Å². The number of nitrogens with one attached hydrogen (secondary N) is 3. The highest BCUT2D eigenvalue weighted by Crippen LogP contribution is 2.43. The number of amides is 1. The lowest BCUT2D eigenvalue weighted by molar-refractivity contribution is -0.111. The zero-order valence-electron chi connectivity index (χ0n) is 20.7. The minimum absolute atomic E-state index is 0.231. The van der Waals surface area contributed by atoms with Gasteiger partial charge in [-0.05, 0) is 86.6 Å². The Hall–Kier alpha value is -2.63. The lowest BCUT2D eigenvalue weighted by atomic mass is 9.78. The fraction of sp³-hybridized carbons (Fsp3) is 0.370. The fourth-order valence-corrected chi connectivity index (χ4v) is 5.78. The molecule has 1 aromatic heterocycles. The maximum Gasteiger partial charge on any atom is 0.247 e. The SMILES string of the molecule is C=CC(=O)Nc1cc2c(Nc3ccc(F)c(CI)c3)ncnc2cc1C1(N(CC)CC)CCNCC1. The van der Waals surface area contributed by atoms with Gasteiger partial charge in [-0.1, -0.05) is 43.0 Å². The van der Waals surface area contributed by atoms with Gasteiger partial charge in [0.1, 0.15) is 18.0 Å². The van der Waals surface area contributed by atoms with Crippen LogP contribution in [-0.4, -0.2) is 47.0 Å². The Kier molecular flexibility index (Phi) is 8.53. The van der Waals surface area contributed by atoms with E-state index in [-0.39, 0.29) is 17.3 Å². The van der Waals surface area contributed by atoms with Crippen molar-refractivity contribution in [3.05, 3.63) is 66.3 Å². The van der Waals surface area contributed by atoms with Gasteiger partial charge in [0.15, 0.2) is 0 Å². The predicted molar refractivity (Wildman–Crippen MR) is 152 cm³/mol. The molecule has 2 aromatic carbocycles. The van der Waals surface area contributed by atoms with E-state index < -0.39 is 0 Å². The molecule has 190 valence electrons. The van der Waals surface area contributed by atoms with Crippen molar-refractivity contribution < 1.29 is 9.18 Å². The number of piperidine rings is 1. The van der Waals surface area contributed by atoms with Crippen molar-refractivity contribution in [2.45, 2.75) is 36.7 Å². The Balaban J connectivity index is 1.88. The number of carbonyl (C=O) groups is 1. The van der Waals surface area contributed by atoms with Gasteiger partial charge in [0.05, 0.1) is 11.1 Å². The van der Waals surface area contributed by atoms with Gasteiger partial charge in [-0.25, -0.2) is 14.4 Å². The number of rotatable bonds is 9. The summed E-state index contributed by atoms with van der Waals surface area (Å²) in [7, 11) is 0. The molecule has 4 rings (SSSR count). The van der Waals surface area contributed by atoms with Crippen molar-refractivity contribution >= 4 is 56.6 Å². The Morgan fingerprint density at radius 2 is 1.97 bits per heavy atom. The Morgan fingerprint density at radius 3 is 2.64 bits per heavy atom. The van der Waals surface area contributed by atoms with Gasteiger partial charge in [-0.3, -0.25) is 9.69 Å². The van der Waals surface area contributed by atoms with E-state index >= 15 is 0 Å². The molecular formula is C27H32FIN6O. The summed E-state index contributed by atoms with van der Waals surface area (Å²) in [4.78, 5) is 24.0. The number of anilines is 3. The molecule has 0 bridgehead atoms. The third kappa shape index (κ3) is 5.23. The zero-order valence-corrected chi connectivity index (χ0v) is 22.9. The summed E-state index contributed by atoms with van der Waals surface area (Å²) in [6.45, 7) is 11.6. The standard InChI is InChI=1S/C27H32FIN6O/c1-4-25(36)34-24-14-20-23(15-21(24)27(35(5-2)6-3)9-11-30-12-10-27)31-17-32-26(20)33-19-7-8-22(28)18(13-19)16-29/h4,7-8,13-15,17,30H,1,5-6,9-12,16H2,2-3H3,(H,34,36)(H,31,32,33). The third-order valence-corrected chi connectivity index (χ3v) is 7.79. The van der Waals surface area contributed by atoms with Gasteiger partial charge >= 0.3 is 0 Å². The van der Waals surface area contributed by atoms with E-state index in [0.29, 0.717) is 15.8 Å². The van der Waals surface area contributed by atoms with E-state index in [0.717, 1.165) is 66.9 Å². The van der Waals surface area contributed by atoms with Crippen molar-refractivity contribution in [1.29, 1.82) is 0 Å². The summed E-state index contributed by atoms with van der Waals surface area (Å²) < 4.78 is 14.6. The van der Waals surface area contributed by atoms with Crippen LogP contribution in [0.1, 0.15) is 37.8 Å². The van der Waals surface area contributed by atoms with E-state index in [4.69, 9.17) is 0 Å². The molecule has 0 unspecified atom stereocenters. The lowest BCUT2D eigenvalue weighted by Gasteiger charge is -2.47. The Bertz CT molecular complexity index is 1260. The minimum atomic E-state index is -0.268. The molecule has 1 aliphatic heterocycles. The molecule has 3 N–H and O–H groups in total. The highest BCUT2D eigenvalue weighted by atomic mass is 127. The van der Waals surface area contributed by atoms with Crippen LogP contribution in [0, 0.1) is 5.82 Å². The van der Waals surface area contributed by atoms with Gasteiger partial charge in [-0.15, -0.1) is 0 Å². The van der Waals surface area contributed by atoms with Crippen molar-refractivity contribution in [2.75, 3.05) is 36.8 Å². The number of aromatic nitrogens is 2. The third-order valence-electron chi connectivity index (χ3n) is 6.97. The van der Waals surface area contributed by atoms with Crippen molar-refractivity contribution in [3.8, 4) is 0 Å². The normalized spacial score (nSPS) is 15.1. The van der Waals surface area contributed by atoms with Crippen LogP contribution in [0.3, 0.4) is 0 Å². The molecule has 9 heteroatoms. The first-order valence-electron chi connectivity index (χ1n) is 12.3. The second-order valence-corrected chi connectivity index (χ2v) is 9.61. The number of fused-ring (bicyclic) bond motifs is 1. The monoisotopic (exact) mass is 602 g/mol. The molecule has 1 aliphatic rings. The average molecular weight is 602 g/mol. The van der Waals surface area contributed by atoms with Crippen LogP contribution in [0.15, 0.2) is 49.3 Å². The van der Waals surface area contributed by atoms with E-state index in [2.05, 4.69) is 79.9 Å². The van der Waals surface area contributed by atoms with Crippen LogP contribution >= 0.6 is 22.6 Å². The van der Waals surface area contributed by atoms with Crippen LogP contribution < -0.4 is 16.0 Å². The molecule has 0 radical (unpaired) electrons. The largest absolute Gasteiger partial charge is 0.340 e. The van der Waals surface area contributed by atoms with Crippen LogP contribution in [-0.2, 0) is 14.8 Å². The Morgan fingerprint density at radius 1 is 1.22 bits per heavy atom. The van der Waals surface area contributed by atoms with Gasteiger partial charge in [0.2, 0.25) is 5.91 Å². The maximum absolute atomic E-state index is 14.0. The molecular weight excluding hydrogens is 570 g/mol. The minimum Gasteiger partial charge on any atom is -0.340 e. The molecule has 1 saturated heterocycles. The van der Waals surface area contributed by atoms with Gasteiger partial charge in [0.25, 0.3) is 0 Å². The molecule has 0 saturated carbocycles. The number of benzene rings is 2. The molecule has 7 nitrogen and oxygen atoms in total. The van der Waals surface area contributed by atoms with Gasteiger partial charge in [0, 0.05) is 21.2 Å². The molecule has 0 aliphatic carbocycles. The molecule has 2 heterocycles. The summed E-state index contributed by atoms with van der Waals surface area (Å²) >= 11 is 2.15. The summed E-state index contributed by atoms with van der Waals surface area (Å²) in [6, 6.07) is 8.97. The zero-order chi connectivity index (χ0) is 25.7. The summed E-state index contributed by atoms with van der Waals surface area (Å²) in [5, 5.41) is 10.6. The highest BCUT2D eigenvalue weighted by molar-refractivity contribution is 14.1. The first-order valence-corrected chi connectivity index (χ1v) is 13.8. The summed E-state index contributed by atoms with van der Waals surface area (Å²) in [5.74, 6) is 0.0925. The predicted octanol–water partition coefficient (Wildman–Crippen LogP) is 5.49. The molecule has 1 amide bonds. The maximum atomic E-state index is 14.0. The second kappa shape index (κ2) is 11.6. The highest BCUT2D eigenvalue weighted by Gasteiger charge is 2.40. The fourth-order valence-electron chi connectivity index (χ4n) is 5.19. The van der Waals surface area contributed by atoms with E-state index in [1.54, 1.807) is 12.1 Å². The molecule has 0 spiro atoms. The van der Waals surface area contributed by atoms with Gasteiger partial charge < -0.3 is 16.0 Å². The smallest absolute Gasteiger partial charge is 0.247 e. The second-order valence-electron chi connectivity index (χ2n) is 8.85. The average Bonchev–Trinajstić information content (AvgIpc) is 2.90. The van der Waals surface area contributed by atoms with Crippen molar-refractivity contribution in [3.63, 3.8) is 0 Å². The van der Waals surface area contributed by atoms with Crippen LogP contribution in [0.5, 0.6) is 0 Å². The number of carbonyl (C=O) groups excluding carboxylic acids is 1. The van der Waals surface area contributed by atoms with Crippen LogP contribution in [0.2, 0.25) is 0 Å². The van der Waals surface area contributed by atoms with Gasteiger partial charge in [-0.2, -0.15) is 0 Å². The van der Waals surface area contributed by atoms with Crippen molar-refractivity contribution in [2.24, 2.45) is 0 Å². The number of alkyl halides is 1. The van der Waals surface area contributed by atoms with Crippen LogP contribution in [0.4, 0.5) is 21.6 Å². The Labute approximate surface area is 225 Å². The molecule has 3 aromatic rings. The molecule has 1 fully saturated rings.